The van der Waals surface area contributed by atoms with Crippen LogP contribution in [0.15, 0.2) is 53.3 Å². The van der Waals surface area contributed by atoms with Crippen molar-refractivity contribution >= 4 is 28.3 Å². The average molecular weight is 352 g/mol. The highest BCUT2D eigenvalue weighted by Gasteiger charge is 2.19. The summed E-state index contributed by atoms with van der Waals surface area (Å²) in [6.07, 6.45) is 5.34. The molecule has 26 heavy (non-hydrogen) atoms. The van der Waals surface area contributed by atoms with Gasteiger partial charge in [0.05, 0.1) is 6.04 Å². The van der Waals surface area contributed by atoms with E-state index in [2.05, 4.69) is 15.6 Å². The van der Waals surface area contributed by atoms with Gasteiger partial charge in [-0.15, -0.1) is 0 Å². The number of imidazole rings is 1. The van der Waals surface area contributed by atoms with E-state index in [0.717, 1.165) is 11.2 Å². The third kappa shape index (κ3) is 2.88. The van der Waals surface area contributed by atoms with Crippen LogP contribution in [0.2, 0.25) is 0 Å². The Morgan fingerprint density at radius 2 is 2.12 bits per heavy atom. The Kier molecular flexibility index (Phi) is 3.84. The van der Waals surface area contributed by atoms with E-state index in [-0.39, 0.29) is 17.9 Å². The molecule has 1 atom stereocenters. The maximum atomic E-state index is 13.4. The van der Waals surface area contributed by atoms with Crippen molar-refractivity contribution in [3.8, 4) is 0 Å². The van der Waals surface area contributed by atoms with Crippen molar-refractivity contribution < 1.29 is 13.6 Å². The summed E-state index contributed by atoms with van der Waals surface area (Å²) in [5.74, 6) is 0.283. The molecule has 132 valence electrons. The number of halogens is 1. The number of benzene rings is 1. The standard InChI is InChI=1S/C19H17FN4O2/c1-11-15-9-13(20)3-4-16(15)26-18(11)12(2)22-19(25)23-14-5-7-24-8-6-21-17(24)10-14/h3-10,12H,1-2H3,(H2,22,23,25). The summed E-state index contributed by atoms with van der Waals surface area (Å²) >= 11 is 0. The minimum Gasteiger partial charge on any atom is -0.459 e. The van der Waals surface area contributed by atoms with Crippen LogP contribution in [-0.4, -0.2) is 15.4 Å². The SMILES string of the molecule is Cc1c(C(C)NC(=O)Nc2ccn3ccnc3c2)oc2ccc(F)cc12. The van der Waals surface area contributed by atoms with Crippen LogP contribution >= 0.6 is 0 Å². The van der Waals surface area contributed by atoms with Crippen LogP contribution < -0.4 is 10.6 Å². The van der Waals surface area contributed by atoms with Crippen molar-refractivity contribution in [3.63, 3.8) is 0 Å². The lowest BCUT2D eigenvalue weighted by Gasteiger charge is -2.13. The molecule has 0 aliphatic heterocycles. The normalized spacial score (nSPS) is 12.4. The minimum absolute atomic E-state index is 0.319. The number of amides is 2. The summed E-state index contributed by atoms with van der Waals surface area (Å²) in [6.45, 7) is 3.67. The van der Waals surface area contributed by atoms with E-state index in [1.165, 1.54) is 12.1 Å². The topological polar surface area (TPSA) is 71.6 Å². The predicted molar refractivity (Wildman–Crippen MR) is 96.7 cm³/mol. The number of aromatic nitrogens is 2. The first-order valence-electron chi connectivity index (χ1n) is 8.20. The molecule has 3 heterocycles. The average Bonchev–Trinajstić information content (AvgIpc) is 3.19. The van der Waals surface area contributed by atoms with E-state index in [4.69, 9.17) is 4.42 Å². The van der Waals surface area contributed by atoms with Gasteiger partial charge in [-0.2, -0.15) is 0 Å². The van der Waals surface area contributed by atoms with E-state index < -0.39 is 0 Å². The van der Waals surface area contributed by atoms with Crippen molar-refractivity contribution in [3.05, 3.63) is 66.1 Å². The Bertz CT molecular complexity index is 1120. The largest absolute Gasteiger partial charge is 0.459 e. The summed E-state index contributed by atoms with van der Waals surface area (Å²) in [5, 5.41) is 6.33. The summed E-state index contributed by atoms with van der Waals surface area (Å²) in [5.41, 5.74) is 2.78. The summed E-state index contributed by atoms with van der Waals surface area (Å²) in [6, 6.07) is 7.21. The zero-order valence-electron chi connectivity index (χ0n) is 14.3. The maximum absolute atomic E-state index is 13.4. The third-order valence-electron chi connectivity index (χ3n) is 4.33. The van der Waals surface area contributed by atoms with Crippen LogP contribution in [-0.2, 0) is 0 Å². The Balaban J connectivity index is 1.51. The molecule has 7 heteroatoms. The van der Waals surface area contributed by atoms with E-state index in [1.54, 1.807) is 24.4 Å². The Hall–Kier alpha value is -3.35. The highest BCUT2D eigenvalue weighted by molar-refractivity contribution is 5.90. The van der Waals surface area contributed by atoms with Gasteiger partial charge in [0.1, 0.15) is 22.8 Å². The first-order chi connectivity index (χ1) is 12.5. The molecule has 2 amide bonds. The lowest BCUT2D eigenvalue weighted by atomic mass is 10.1. The fraction of sp³-hybridized carbons (Fsp3) is 0.158. The third-order valence-corrected chi connectivity index (χ3v) is 4.33. The summed E-state index contributed by atoms with van der Waals surface area (Å²) < 4.78 is 21.1. The van der Waals surface area contributed by atoms with Gasteiger partial charge in [0.25, 0.3) is 0 Å². The molecule has 6 nitrogen and oxygen atoms in total. The van der Waals surface area contributed by atoms with Gasteiger partial charge in [-0.25, -0.2) is 14.2 Å². The van der Waals surface area contributed by atoms with Crippen LogP contribution in [0.3, 0.4) is 0 Å². The van der Waals surface area contributed by atoms with Crippen LogP contribution in [0.25, 0.3) is 16.6 Å². The molecule has 1 aromatic carbocycles. The molecule has 3 aromatic heterocycles. The fourth-order valence-electron chi connectivity index (χ4n) is 3.04. The minimum atomic E-state index is -0.374. The van der Waals surface area contributed by atoms with Gasteiger partial charge in [-0.3, -0.25) is 0 Å². The number of nitrogens with one attached hydrogen (secondary N) is 2. The zero-order chi connectivity index (χ0) is 18.3. The smallest absolute Gasteiger partial charge is 0.319 e. The van der Waals surface area contributed by atoms with Gasteiger partial charge in [0, 0.05) is 41.3 Å². The second-order valence-corrected chi connectivity index (χ2v) is 6.16. The van der Waals surface area contributed by atoms with E-state index in [0.29, 0.717) is 22.4 Å². The first-order valence-corrected chi connectivity index (χ1v) is 8.20. The maximum Gasteiger partial charge on any atom is 0.319 e. The number of carbonyl (C=O) groups is 1. The van der Waals surface area contributed by atoms with Crippen molar-refractivity contribution in [2.24, 2.45) is 0 Å². The number of anilines is 1. The molecule has 4 rings (SSSR count). The van der Waals surface area contributed by atoms with Crippen molar-refractivity contribution in [1.29, 1.82) is 0 Å². The van der Waals surface area contributed by atoms with Crippen molar-refractivity contribution in [2.45, 2.75) is 19.9 Å². The van der Waals surface area contributed by atoms with Gasteiger partial charge >= 0.3 is 6.03 Å². The number of furan rings is 1. The highest BCUT2D eigenvalue weighted by atomic mass is 19.1. The molecule has 0 bridgehead atoms. The number of fused-ring (bicyclic) bond motifs is 2. The molecule has 0 aliphatic carbocycles. The molecule has 0 aliphatic rings. The highest BCUT2D eigenvalue weighted by Crippen LogP contribution is 2.30. The van der Waals surface area contributed by atoms with Gasteiger partial charge in [-0.1, -0.05) is 0 Å². The number of hydrogen-bond acceptors (Lipinski definition) is 3. The number of nitrogens with zero attached hydrogens (tertiary/aromatic N) is 2. The van der Waals surface area contributed by atoms with Crippen LogP contribution in [0.1, 0.15) is 24.3 Å². The molecule has 0 saturated heterocycles. The van der Waals surface area contributed by atoms with Crippen LogP contribution in [0.4, 0.5) is 14.9 Å². The number of pyridine rings is 1. The zero-order valence-corrected chi connectivity index (χ0v) is 14.3. The first kappa shape index (κ1) is 16.1. The lowest BCUT2D eigenvalue weighted by molar-refractivity contribution is 0.248. The molecule has 4 aromatic rings. The van der Waals surface area contributed by atoms with Crippen molar-refractivity contribution in [1.82, 2.24) is 14.7 Å². The molecule has 0 saturated carbocycles. The van der Waals surface area contributed by atoms with Gasteiger partial charge in [0.2, 0.25) is 0 Å². The van der Waals surface area contributed by atoms with Gasteiger partial charge in [0.15, 0.2) is 0 Å². The van der Waals surface area contributed by atoms with E-state index >= 15 is 0 Å². The lowest BCUT2D eigenvalue weighted by Crippen LogP contribution is -2.31. The number of rotatable bonds is 3. The monoisotopic (exact) mass is 352 g/mol. The van der Waals surface area contributed by atoms with Gasteiger partial charge < -0.3 is 19.5 Å². The molecule has 0 fully saturated rings. The molecular weight excluding hydrogens is 335 g/mol. The second kappa shape index (κ2) is 6.18. The number of urea groups is 1. The van der Waals surface area contributed by atoms with Crippen molar-refractivity contribution in [2.75, 3.05) is 5.32 Å². The number of carbonyl (C=O) groups excluding carboxylic acids is 1. The Labute approximate surface area is 148 Å². The van der Waals surface area contributed by atoms with E-state index in [9.17, 15) is 9.18 Å². The number of aryl methyl sites for hydroxylation is 1. The Morgan fingerprint density at radius 1 is 1.27 bits per heavy atom. The molecule has 2 N–H and O–H groups in total. The molecule has 0 radical (unpaired) electrons. The number of hydrogen-bond donors (Lipinski definition) is 2. The molecule has 0 spiro atoms. The van der Waals surface area contributed by atoms with Gasteiger partial charge in [-0.05, 0) is 38.1 Å². The summed E-state index contributed by atoms with van der Waals surface area (Å²) in [7, 11) is 0. The summed E-state index contributed by atoms with van der Waals surface area (Å²) in [4.78, 5) is 16.5. The molecular formula is C19H17FN4O2. The Morgan fingerprint density at radius 3 is 2.96 bits per heavy atom. The predicted octanol–water partition coefficient (Wildman–Crippen LogP) is 4.41. The van der Waals surface area contributed by atoms with Crippen LogP contribution in [0.5, 0.6) is 0 Å². The van der Waals surface area contributed by atoms with Crippen LogP contribution in [0, 0.1) is 12.7 Å². The molecule has 1 unspecified atom stereocenters. The van der Waals surface area contributed by atoms with E-state index in [1.807, 2.05) is 30.6 Å². The fourth-order valence-corrected chi connectivity index (χ4v) is 3.04. The second-order valence-electron chi connectivity index (χ2n) is 6.16. The quantitative estimate of drug-likeness (QED) is 0.574.